The molecule has 142 valence electrons. The van der Waals surface area contributed by atoms with Crippen LogP contribution < -0.4 is 0 Å². The zero-order valence-electron chi connectivity index (χ0n) is 15.2. The van der Waals surface area contributed by atoms with Crippen LogP contribution >= 0.6 is 0 Å². The molecule has 0 radical (unpaired) electrons. The van der Waals surface area contributed by atoms with Gasteiger partial charge in [-0.15, -0.1) is 0 Å². The number of hydrogen-bond donors (Lipinski definition) is 0. The fourth-order valence-electron chi connectivity index (χ4n) is 3.06. The highest BCUT2D eigenvalue weighted by atomic mass is 19.1. The number of halogens is 2. The van der Waals surface area contributed by atoms with Crippen molar-refractivity contribution in [2.75, 3.05) is 6.54 Å². The summed E-state index contributed by atoms with van der Waals surface area (Å²) >= 11 is 0. The van der Waals surface area contributed by atoms with Gasteiger partial charge in [-0.3, -0.25) is 4.79 Å². The second kappa shape index (κ2) is 8.75. The standard InChI is InChI=1S/C21H22F2N2O2/c1-2-6-21(26)25(13-16-9-10-17(22)11-19(16)23)14-18-12-20(24-27-18)15-7-4-3-5-8-15/h3-5,7-11,18H,2,6,12-14H2,1H3. The molecular weight excluding hydrogens is 350 g/mol. The van der Waals surface area contributed by atoms with Gasteiger partial charge in [0.25, 0.3) is 0 Å². The maximum Gasteiger partial charge on any atom is 0.222 e. The third-order valence-corrected chi connectivity index (χ3v) is 4.46. The molecule has 1 unspecified atom stereocenters. The molecule has 1 amide bonds. The van der Waals surface area contributed by atoms with Crippen LogP contribution in [0.1, 0.15) is 37.3 Å². The number of rotatable bonds is 7. The number of amides is 1. The molecule has 1 aliphatic rings. The largest absolute Gasteiger partial charge is 0.390 e. The number of hydrogen-bond acceptors (Lipinski definition) is 3. The molecular formula is C21H22F2N2O2. The molecule has 0 spiro atoms. The molecule has 2 aromatic rings. The Labute approximate surface area is 157 Å². The van der Waals surface area contributed by atoms with Gasteiger partial charge in [0.15, 0.2) is 6.10 Å². The Balaban J connectivity index is 1.68. The summed E-state index contributed by atoms with van der Waals surface area (Å²) in [5.74, 6) is -1.38. The van der Waals surface area contributed by atoms with E-state index in [0.29, 0.717) is 25.8 Å². The van der Waals surface area contributed by atoms with Crippen molar-refractivity contribution in [2.45, 2.75) is 38.8 Å². The Bertz CT molecular complexity index is 824. The molecule has 0 aromatic heterocycles. The van der Waals surface area contributed by atoms with Gasteiger partial charge in [0.2, 0.25) is 5.91 Å². The zero-order valence-corrected chi connectivity index (χ0v) is 15.2. The number of benzene rings is 2. The van der Waals surface area contributed by atoms with E-state index in [4.69, 9.17) is 4.84 Å². The van der Waals surface area contributed by atoms with E-state index >= 15 is 0 Å². The molecule has 0 bridgehead atoms. The summed E-state index contributed by atoms with van der Waals surface area (Å²) in [5.41, 5.74) is 2.09. The van der Waals surface area contributed by atoms with E-state index in [1.54, 1.807) is 4.90 Å². The fourth-order valence-corrected chi connectivity index (χ4v) is 3.06. The van der Waals surface area contributed by atoms with Gasteiger partial charge in [-0.2, -0.15) is 0 Å². The van der Waals surface area contributed by atoms with E-state index in [1.165, 1.54) is 12.1 Å². The monoisotopic (exact) mass is 372 g/mol. The lowest BCUT2D eigenvalue weighted by atomic mass is 10.0. The van der Waals surface area contributed by atoms with Gasteiger partial charge in [0, 0.05) is 31.0 Å². The molecule has 27 heavy (non-hydrogen) atoms. The number of oxime groups is 1. The van der Waals surface area contributed by atoms with Gasteiger partial charge in [0.05, 0.1) is 12.3 Å². The first kappa shape index (κ1) is 19.0. The smallest absolute Gasteiger partial charge is 0.222 e. The molecule has 6 heteroatoms. The number of nitrogens with zero attached hydrogens (tertiary/aromatic N) is 2. The summed E-state index contributed by atoms with van der Waals surface area (Å²) in [4.78, 5) is 19.6. The molecule has 4 nitrogen and oxygen atoms in total. The van der Waals surface area contributed by atoms with Crippen molar-refractivity contribution in [2.24, 2.45) is 5.16 Å². The quantitative estimate of drug-likeness (QED) is 0.728. The van der Waals surface area contributed by atoms with Crippen molar-refractivity contribution < 1.29 is 18.4 Å². The van der Waals surface area contributed by atoms with E-state index in [-0.39, 0.29) is 24.1 Å². The summed E-state index contributed by atoms with van der Waals surface area (Å²) < 4.78 is 27.2. The second-order valence-corrected chi connectivity index (χ2v) is 6.60. The summed E-state index contributed by atoms with van der Waals surface area (Å²) in [7, 11) is 0. The maximum absolute atomic E-state index is 14.0. The minimum absolute atomic E-state index is 0.0749. The lowest BCUT2D eigenvalue weighted by molar-refractivity contribution is -0.133. The molecule has 3 rings (SSSR count). The van der Waals surface area contributed by atoms with E-state index in [9.17, 15) is 13.6 Å². The summed E-state index contributed by atoms with van der Waals surface area (Å²) in [6.07, 6.45) is 1.34. The molecule has 0 saturated carbocycles. The van der Waals surface area contributed by atoms with Crippen LogP contribution in [0.15, 0.2) is 53.7 Å². The van der Waals surface area contributed by atoms with E-state index in [1.807, 2.05) is 37.3 Å². The Morgan fingerprint density at radius 3 is 2.70 bits per heavy atom. The average Bonchev–Trinajstić information content (AvgIpc) is 3.13. The topological polar surface area (TPSA) is 41.9 Å². The van der Waals surface area contributed by atoms with Gasteiger partial charge in [-0.25, -0.2) is 8.78 Å². The van der Waals surface area contributed by atoms with E-state index < -0.39 is 11.6 Å². The Kier molecular flexibility index (Phi) is 6.16. The van der Waals surface area contributed by atoms with E-state index in [2.05, 4.69) is 5.16 Å². The SMILES string of the molecule is CCCC(=O)N(Cc1ccc(F)cc1F)CC1CC(c2ccccc2)=NO1. The third kappa shape index (κ3) is 4.90. The van der Waals surface area contributed by atoms with Gasteiger partial charge in [-0.1, -0.05) is 48.5 Å². The van der Waals surface area contributed by atoms with Gasteiger partial charge in [-0.05, 0) is 18.1 Å². The minimum atomic E-state index is -0.655. The fraction of sp³-hybridized carbons (Fsp3) is 0.333. The first-order valence-electron chi connectivity index (χ1n) is 9.06. The molecule has 1 aliphatic heterocycles. The van der Waals surface area contributed by atoms with Crippen molar-refractivity contribution in [3.8, 4) is 0 Å². The molecule has 0 N–H and O–H groups in total. The minimum Gasteiger partial charge on any atom is -0.390 e. The first-order valence-corrected chi connectivity index (χ1v) is 9.06. The van der Waals surface area contributed by atoms with Crippen LogP contribution in [0.2, 0.25) is 0 Å². The maximum atomic E-state index is 14.0. The van der Waals surface area contributed by atoms with Crippen molar-refractivity contribution in [3.63, 3.8) is 0 Å². The number of carbonyl (C=O) groups is 1. The van der Waals surface area contributed by atoms with Crippen LogP contribution in [0.4, 0.5) is 8.78 Å². The lowest BCUT2D eigenvalue weighted by Crippen LogP contribution is -2.37. The van der Waals surface area contributed by atoms with Crippen LogP contribution in [0, 0.1) is 11.6 Å². The summed E-state index contributed by atoms with van der Waals surface area (Å²) in [6, 6.07) is 13.1. The Morgan fingerprint density at radius 1 is 1.22 bits per heavy atom. The molecule has 0 saturated heterocycles. The highest BCUT2D eigenvalue weighted by Gasteiger charge is 2.27. The normalized spacial score (nSPS) is 16.0. The van der Waals surface area contributed by atoms with Crippen LogP contribution in [0.25, 0.3) is 0 Å². The second-order valence-electron chi connectivity index (χ2n) is 6.60. The highest BCUT2D eigenvalue weighted by molar-refractivity contribution is 6.01. The van der Waals surface area contributed by atoms with E-state index in [0.717, 1.165) is 17.3 Å². The van der Waals surface area contributed by atoms with Crippen molar-refractivity contribution >= 4 is 11.6 Å². The van der Waals surface area contributed by atoms with Gasteiger partial charge in [0.1, 0.15) is 11.6 Å². The first-order chi connectivity index (χ1) is 13.1. The van der Waals surface area contributed by atoms with Crippen LogP contribution in [0.5, 0.6) is 0 Å². The molecule has 0 aliphatic carbocycles. The average molecular weight is 372 g/mol. The number of carbonyl (C=O) groups excluding carboxylic acids is 1. The zero-order chi connectivity index (χ0) is 19.2. The Morgan fingerprint density at radius 2 is 2.00 bits per heavy atom. The van der Waals surface area contributed by atoms with Crippen molar-refractivity contribution in [1.29, 1.82) is 0 Å². The highest BCUT2D eigenvalue weighted by Crippen LogP contribution is 2.20. The lowest BCUT2D eigenvalue weighted by Gasteiger charge is -2.25. The summed E-state index contributed by atoms with van der Waals surface area (Å²) in [5, 5.41) is 4.14. The Hall–Kier alpha value is -2.76. The van der Waals surface area contributed by atoms with Gasteiger partial charge >= 0.3 is 0 Å². The van der Waals surface area contributed by atoms with Crippen molar-refractivity contribution in [3.05, 3.63) is 71.3 Å². The van der Waals surface area contributed by atoms with Crippen LogP contribution in [0.3, 0.4) is 0 Å². The molecule has 1 atom stereocenters. The molecule has 1 heterocycles. The summed E-state index contributed by atoms with van der Waals surface area (Å²) in [6.45, 7) is 2.29. The molecule has 0 fully saturated rings. The predicted molar refractivity (Wildman–Crippen MR) is 99.2 cm³/mol. The predicted octanol–water partition coefficient (Wildman–Crippen LogP) is 4.29. The molecule has 2 aromatic carbocycles. The van der Waals surface area contributed by atoms with Gasteiger partial charge < -0.3 is 9.74 Å². The van der Waals surface area contributed by atoms with Crippen LogP contribution in [-0.4, -0.2) is 29.2 Å². The third-order valence-electron chi connectivity index (χ3n) is 4.46. The van der Waals surface area contributed by atoms with Crippen LogP contribution in [-0.2, 0) is 16.2 Å². The van der Waals surface area contributed by atoms with Crippen molar-refractivity contribution in [1.82, 2.24) is 4.90 Å².